The molecule has 1 saturated heterocycles. The second-order valence-electron chi connectivity index (χ2n) is 7.04. The van der Waals surface area contributed by atoms with Crippen molar-refractivity contribution in [1.29, 1.82) is 5.26 Å². The van der Waals surface area contributed by atoms with Gasteiger partial charge in [-0.2, -0.15) is 5.26 Å². The molecule has 160 valence electrons. The Balaban J connectivity index is 1.55. The first kappa shape index (κ1) is 21.5. The number of fused-ring (bicyclic) bond motifs is 1. The highest BCUT2D eigenvalue weighted by molar-refractivity contribution is 8.18. The summed E-state index contributed by atoms with van der Waals surface area (Å²) in [6.45, 7) is 2.40. The average Bonchev–Trinajstić information content (AvgIpc) is 3.06. The van der Waals surface area contributed by atoms with Crippen molar-refractivity contribution in [3.05, 3.63) is 76.7 Å². The Hall–Kier alpha value is -3.76. The number of rotatable bonds is 7. The zero-order valence-electron chi connectivity index (χ0n) is 17.4. The van der Waals surface area contributed by atoms with Crippen molar-refractivity contribution >= 4 is 39.8 Å². The molecule has 0 bridgehead atoms. The Labute approximate surface area is 190 Å². The molecule has 1 heterocycles. The summed E-state index contributed by atoms with van der Waals surface area (Å²) in [6.07, 6.45) is 1.67. The molecule has 1 aliphatic rings. The van der Waals surface area contributed by atoms with E-state index in [2.05, 4.69) is 0 Å². The largest absolute Gasteiger partial charge is 0.490 e. The summed E-state index contributed by atoms with van der Waals surface area (Å²) in [4.78, 5) is 27.1. The summed E-state index contributed by atoms with van der Waals surface area (Å²) in [5.41, 5.74) is 1.60. The van der Waals surface area contributed by atoms with Gasteiger partial charge in [0.2, 0.25) is 0 Å². The van der Waals surface area contributed by atoms with Crippen molar-refractivity contribution in [2.24, 2.45) is 0 Å². The van der Waals surface area contributed by atoms with Gasteiger partial charge in [0.1, 0.15) is 6.07 Å². The van der Waals surface area contributed by atoms with Crippen LogP contribution < -0.4 is 9.47 Å². The minimum absolute atomic E-state index is 0.0902. The molecule has 0 N–H and O–H groups in total. The molecule has 0 spiro atoms. The van der Waals surface area contributed by atoms with Crippen LogP contribution in [0.4, 0.5) is 4.79 Å². The zero-order valence-corrected chi connectivity index (χ0v) is 18.2. The summed E-state index contributed by atoms with van der Waals surface area (Å²) in [5, 5.41) is 10.6. The van der Waals surface area contributed by atoms with E-state index < -0.39 is 0 Å². The predicted octanol–water partition coefficient (Wildman–Crippen LogP) is 5.38. The van der Waals surface area contributed by atoms with Crippen molar-refractivity contribution in [2.45, 2.75) is 13.5 Å². The number of hydrogen-bond donors (Lipinski definition) is 0. The molecule has 0 unspecified atom stereocenters. The molecule has 1 fully saturated rings. The minimum Gasteiger partial charge on any atom is -0.490 e. The quantitative estimate of drug-likeness (QED) is 0.456. The van der Waals surface area contributed by atoms with E-state index in [4.69, 9.17) is 14.7 Å². The molecule has 3 aromatic rings. The van der Waals surface area contributed by atoms with Crippen LogP contribution in [0.25, 0.3) is 16.8 Å². The van der Waals surface area contributed by atoms with Crippen molar-refractivity contribution < 1.29 is 19.1 Å². The van der Waals surface area contributed by atoms with Gasteiger partial charge in [0.25, 0.3) is 11.1 Å². The minimum atomic E-state index is -0.323. The number of nitrogens with zero attached hydrogens (tertiary/aromatic N) is 2. The fourth-order valence-electron chi connectivity index (χ4n) is 3.42. The summed E-state index contributed by atoms with van der Waals surface area (Å²) < 4.78 is 11.0. The van der Waals surface area contributed by atoms with Gasteiger partial charge in [-0.05, 0) is 64.9 Å². The molecule has 7 heteroatoms. The van der Waals surface area contributed by atoms with Crippen LogP contribution >= 0.6 is 11.8 Å². The molecule has 3 aromatic carbocycles. The van der Waals surface area contributed by atoms with E-state index in [1.54, 1.807) is 24.3 Å². The smallest absolute Gasteiger partial charge is 0.293 e. The molecule has 0 aromatic heterocycles. The van der Waals surface area contributed by atoms with Gasteiger partial charge in [-0.1, -0.05) is 42.5 Å². The van der Waals surface area contributed by atoms with Crippen LogP contribution in [0.2, 0.25) is 0 Å². The summed E-state index contributed by atoms with van der Waals surface area (Å²) in [5.74, 6) is 0.609. The van der Waals surface area contributed by atoms with E-state index in [1.807, 2.05) is 55.5 Å². The van der Waals surface area contributed by atoms with Crippen LogP contribution in [0.3, 0.4) is 0 Å². The topological polar surface area (TPSA) is 79.6 Å². The number of ether oxygens (including phenoxy) is 2. The SMILES string of the molecule is CCOc1cc(/C=C2\SC(=O)N(Cc3ccc4ccccc4c3)C2=O)ccc1OCC#N. The average molecular weight is 445 g/mol. The molecule has 6 nitrogen and oxygen atoms in total. The van der Waals surface area contributed by atoms with E-state index in [-0.39, 0.29) is 24.3 Å². The number of benzene rings is 3. The lowest BCUT2D eigenvalue weighted by Crippen LogP contribution is -2.27. The van der Waals surface area contributed by atoms with Gasteiger partial charge in [-0.15, -0.1) is 0 Å². The lowest BCUT2D eigenvalue weighted by atomic mass is 10.1. The molecule has 0 radical (unpaired) electrons. The van der Waals surface area contributed by atoms with Crippen LogP contribution in [0.15, 0.2) is 65.6 Å². The van der Waals surface area contributed by atoms with Gasteiger partial charge in [0.15, 0.2) is 18.1 Å². The highest BCUT2D eigenvalue weighted by Gasteiger charge is 2.35. The molecule has 4 rings (SSSR count). The highest BCUT2D eigenvalue weighted by Crippen LogP contribution is 2.35. The number of nitriles is 1. The highest BCUT2D eigenvalue weighted by atomic mass is 32.2. The Kier molecular flexibility index (Phi) is 6.43. The number of carbonyl (C=O) groups is 2. The molecular formula is C25H20N2O4S. The van der Waals surface area contributed by atoms with Crippen LogP contribution in [-0.4, -0.2) is 29.3 Å². The number of hydrogen-bond acceptors (Lipinski definition) is 6. The summed E-state index contributed by atoms with van der Waals surface area (Å²) >= 11 is 0.920. The van der Waals surface area contributed by atoms with Gasteiger partial charge < -0.3 is 9.47 Å². The first-order valence-corrected chi connectivity index (χ1v) is 10.9. The van der Waals surface area contributed by atoms with E-state index in [1.165, 1.54) is 4.90 Å². The second-order valence-corrected chi connectivity index (χ2v) is 8.03. The van der Waals surface area contributed by atoms with E-state index in [9.17, 15) is 9.59 Å². The maximum atomic E-state index is 12.9. The van der Waals surface area contributed by atoms with E-state index >= 15 is 0 Å². The van der Waals surface area contributed by atoms with Crippen molar-refractivity contribution in [3.8, 4) is 17.6 Å². The third-order valence-corrected chi connectivity index (χ3v) is 5.79. The number of thioether (sulfide) groups is 1. The van der Waals surface area contributed by atoms with E-state index in [0.29, 0.717) is 28.6 Å². The van der Waals surface area contributed by atoms with Crippen LogP contribution in [0.1, 0.15) is 18.1 Å². The molecule has 0 atom stereocenters. The Morgan fingerprint density at radius 1 is 1.00 bits per heavy atom. The van der Waals surface area contributed by atoms with Crippen molar-refractivity contribution in [3.63, 3.8) is 0 Å². The summed E-state index contributed by atoms with van der Waals surface area (Å²) in [6, 6.07) is 21.0. The molecule has 2 amide bonds. The maximum absolute atomic E-state index is 12.9. The third-order valence-electron chi connectivity index (χ3n) is 4.89. The van der Waals surface area contributed by atoms with Crippen molar-refractivity contribution in [2.75, 3.05) is 13.2 Å². The monoisotopic (exact) mass is 444 g/mol. The first-order valence-electron chi connectivity index (χ1n) is 10.1. The van der Waals surface area contributed by atoms with Crippen LogP contribution in [0, 0.1) is 11.3 Å². The number of carbonyl (C=O) groups excluding carboxylic acids is 2. The van der Waals surface area contributed by atoms with Crippen LogP contribution in [-0.2, 0) is 11.3 Å². The normalized spacial score (nSPS) is 14.8. The Morgan fingerprint density at radius 2 is 1.81 bits per heavy atom. The molecule has 0 saturated carbocycles. The molecular weight excluding hydrogens is 424 g/mol. The van der Waals surface area contributed by atoms with Crippen LogP contribution in [0.5, 0.6) is 11.5 Å². The maximum Gasteiger partial charge on any atom is 0.293 e. The number of imide groups is 1. The Bertz CT molecular complexity index is 1260. The van der Waals surface area contributed by atoms with Gasteiger partial charge in [0.05, 0.1) is 18.1 Å². The second kappa shape index (κ2) is 9.58. The lowest BCUT2D eigenvalue weighted by Gasteiger charge is -2.13. The Morgan fingerprint density at radius 3 is 2.59 bits per heavy atom. The lowest BCUT2D eigenvalue weighted by molar-refractivity contribution is -0.123. The molecule has 32 heavy (non-hydrogen) atoms. The first-order chi connectivity index (χ1) is 15.6. The van der Waals surface area contributed by atoms with Gasteiger partial charge >= 0.3 is 0 Å². The predicted molar refractivity (Wildman–Crippen MR) is 124 cm³/mol. The van der Waals surface area contributed by atoms with Gasteiger partial charge in [-0.25, -0.2) is 0 Å². The fourth-order valence-corrected chi connectivity index (χ4v) is 4.26. The van der Waals surface area contributed by atoms with Gasteiger partial charge in [-0.3, -0.25) is 14.5 Å². The molecule has 0 aliphatic carbocycles. The summed E-state index contributed by atoms with van der Waals surface area (Å²) in [7, 11) is 0. The van der Waals surface area contributed by atoms with Crippen molar-refractivity contribution in [1.82, 2.24) is 4.90 Å². The fraction of sp³-hybridized carbons (Fsp3) is 0.160. The zero-order chi connectivity index (χ0) is 22.5. The standard InChI is InChI=1S/C25H20N2O4S/c1-2-30-22-14-17(8-10-21(22)31-12-11-26)15-23-24(28)27(25(29)32-23)16-18-7-9-19-5-3-4-6-20(19)13-18/h3-10,13-15H,2,12,16H2,1H3/b23-15-. The van der Waals surface area contributed by atoms with E-state index in [0.717, 1.165) is 28.1 Å². The van der Waals surface area contributed by atoms with Gasteiger partial charge in [0, 0.05) is 0 Å². The molecule has 1 aliphatic heterocycles. The third kappa shape index (κ3) is 4.61. The number of amides is 2.